The summed E-state index contributed by atoms with van der Waals surface area (Å²) >= 11 is 0. The van der Waals surface area contributed by atoms with E-state index >= 15 is 0 Å². The molecular formula is C15H22N2O. The number of rotatable bonds is 5. The number of anilines is 1. The number of nitrogens with one attached hydrogen (secondary N) is 2. The SMILES string of the molecule is c1cc2c(cc1CNCCC1CCCO1)CCN2. The summed E-state index contributed by atoms with van der Waals surface area (Å²) < 4.78 is 5.62. The number of hydrogen-bond acceptors (Lipinski definition) is 3. The molecule has 0 radical (unpaired) electrons. The van der Waals surface area contributed by atoms with Crippen molar-refractivity contribution in [3.05, 3.63) is 29.3 Å². The third-order valence-corrected chi connectivity index (χ3v) is 3.88. The van der Waals surface area contributed by atoms with Gasteiger partial charge in [0.2, 0.25) is 0 Å². The topological polar surface area (TPSA) is 33.3 Å². The summed E-state index contributed by atoms with van der Waals surface area (Å²) in [6.07, 6.45) is 5.29. The Morgan fingerprint density at radius 1 is 1.39 bits per heavy atom. The van der Waals surface area contributed by atoms with Crippen LogP contribution < -0.4 is 10.6 Å². The molecule has 18 heavy (non-hydrogen) atoms. The van der Waals surface area contributed by atoms with Crippen LogP contribution in [0.1, 0.15) is 30.4 Å². The van der Waals surface area contributed by atoms with Crippen molar-refractivity contribution < 1.29 is 4.74 Å². The van der Waals surface area contributed by atoms with Crippen LogP contribution in [0.25, 0.3) is 0 Å². The van der Waals surface area contributed by atoms with Crippen molar-refractivity contribution in [2.75, 3.05) is 25.0 Å². The van der Waals surface area contributed by atoms with Crippen molar-refractivity contribution in [1.29, 1.82) is 0 Å². The molecule has 0 bridgehead atoms. The van der Waals surface area contributed by atoms with E-state index in [0.717, 1.165) is 32.7 Å². The van der Waals surface area contributed by atoms with Crippen LogP contribution in [-0.4, -0.2) is 25.8 Å². The summed E-state index contributed by atoms with van der Waals surface area (Å²) in [5.41, 5.74) is 4.18. The Morgan fingerprint density at radius 2 is 2.39 bits per heavy atom. The van der Waals surface area contributed by atoms with Gasteiger partial charge in [0.05, 0.1) is 6.10 Å². The standard InChI is InChI=1S/C15H22N2O/c1-2-14(18-9-1)6-7-16-11-12-3-4-15-13(10-12)5-8-17-15/h3-4,10,14,16-17H,1-2,5-9,11H2. The number of ether oxygens (including phenoxy) is 1. The highest BCUT2D eigenvalue weighted by Crippen LogP contribution is 2.22. The van der Waals surface area contributed by atoms with E-state index in [4.69, 9.17) is 4.74 Å². The van der Waals surface area contributed by atoms with Gasteiger partial charge < -0.3 is 15.4 Å². The summed E-state index contributed by atoms with van der Waals surface area (Å²) in [6, 6.07) is 6.75. The third kappa shape index (κ3) is 2.85. The van der Waals surface area contributed by atoms with Gasteiger partial charge in [0.25, 0.3) is 0 Å². The first-order valence-corrected chi connectivity index (χ1v) is 7.10. The Morgan fingerprint density at radius 3 is 3.28 bits per heavy atom. The minimum Gasteiger partial charge on any atom is -0.384 e. The highest BCUT2D eigenvalue weighted by atomic mass is 16.5. The quantitative estimate of drug-likeness (QED) is 0.782. The molecule has 0 spiro atoms. The van der Waals surface area contributed by atoms with E-state index in [1.165, 1.54) is 36.1 Å². The predicted octanol–water partition coefficient (Wildman–Crippen LogP) is 2.31. The molecule has 1 fully saturated rings. The van der Waals surface area contributed by atoms with Crippen LogP contribution in [0.2, 0.25) is 0 Å². The van der Waals surface area contributed by atoms with E-state index in [0.29, 0.717) is 6.10 Å². The fraction of sp³-hybridized carbons (Fsp3) is 0.600. The van der Waals surface area contributed by atoms with Gasteiger partial charge >= 0.3 is 0 Å². The lowest BCUT2D eigenvalue weighted by Gasteiger charge is -2.10. The predicted molar refractivity (Wildman–Crippen MR) is 73.9 cm³/mol. The molecule has 2 aliphatic heterocycles. The molecule has 0 aliphatic carbocycles. The van der Waals surface area contributed by atoms with Crippen molar-refractivity contribution in [3.8, 4) is 0 Å². The Hall–Kier alpha value is -1.06. The van der Waals surface area contributed by atoms with Gasteiger partial charge in [-0.2, -0.15) is 0 Å². The van der Waals surface area contributed by atoms with Gasteiger partial charge in [-0.1, -0.05) is 12.1 Å². The smallest absolute Gasteiger partial charge is 0.0588 e. The van der Waals surface area contributed by atoms with E-state index in [-0.39, 0.29) is 0 Å². The number of hydrogen-bond donors (Lipinski definition) is 2. The van der Waals surface area contributed by atoms with Crippen molar-refractivity contribution in [2.45, 2.75) is 38.3 Å². The largest absolute Gasteiger partial charge is 0.384 e. The molecule has 1 saturated heterocycles. The van der Waals surface area contributed by atoms with E-state index in [2.05, 4.69) is 28.8 Å². The van der Waals surface area contributed by atoms with E-state index in [1.54, 1.807) is 0 Å². The maximum atomic E-state index is 5.62. The molecule has 1 aromatic rings. The van der Waals surface area contributed by atoms with Crippen LogP contribution in [0, 0.1) is 0 Å². The molecule has 0 amide bonds. The summed E-state index contributed by atoms with van der Waals surface area (Å²) in [5.74, 6) is 0. The van der Waals surface area contributed by atoms with Crippen LogP contribution in [0.3, 0.4) is 0 Å². The first-order chi connectivity index (χ1) is 8.92. The van der Waals surface area contributed by atoms with Gasteiger partial charge in [-0.05, 0) is 49.4 Å². The molecule has 3 rings (SSSR count). The molecule has 2 N–H and O–H groups in total. The molecule has 3 nitrogen and oxygen atoms in total. The lowest BCUT2D eigenvalue weighted by atomic mass is 10.1. The summed E-state index contributed by atoms with van der Waals surface area (Å²) in [4.78, 5) is 0. The molecule has 1 aromatic carbocycles. The fourth-order valence-corrected chi connectivity index (χ4v) is 2.84. The number of benzene rings is 1. The molecule has 1 atom stereocenters. The highest BCUT2D eigenvalue weighted by molar-refractivity contribution is 5.56. The maximum absolute atomic E-state index is 5.62. The Balaban J connectivity index is 1.42. The Kier molecular flexibility index (Phi) is 3.81. The zero-order valence-electron chi connectivity index (χ0n) is 10.9. The van der Waals surface area contributed by atoms with Gasteiger partial charge in [0, 0.05) is 25.4 Å². The lowest BCUT2D eigenvalue weighted by molar-refractivity contribution is 0.104. The molecule has 98 valence electrons. The van der Waals surface area contributed by atoms with Gasteiger partial charge in [-0.15, -0.1) is 0 Å². The summed E-state index contributed by atoms with van der Waals surface area (Å²) in [5, 5.41) is 6.91. The van der Waals surface area contributed by atoms with Crippen LogP contribution in [0.4, 0.5) is 5.69 Å². The van der Waals surface area contributed by atoms with Crippen LogP contribution in [0.5, 0.6) is 0 Å². The first kappa shape index (κ1) is 12.0. The summed E-state index contributed by atoms with van der Waals surface area (Å²) in [7, 11) is 0. The molecular weight excluding hydrogens is 224 g/mol. The molecule has 3 heteroatoms. The van der Waals surface area contributed by atoms with Crippen LogP contribution in [-0.2, 0) is 17.7 Å². The second-order valence-electron chi connectivity index (χ2n) is 5.27. The van der Waals surface area contributed by atoms with Crippen molar-refractivity contribution in [3.63, 3.8) is 0 Å². The van der Waals surface area contributed by atoms with Crippen LogP contribution >= 0.6 is 0 Å². The monoisotopic (exact) mass is 246 g/mol. The normalized spacial score (nSPS) is 21.9. The molecule has 1 unspecified atom stereocenters. The average molecular weight is 246 g/mol. The van der Waals surface area contributed by atoms with Gasteiger partial charge in [0.1, 0.15) is 0 Å². The minimum absolute atomic E-state index is 0.502. The van der Waals surface area contributed by atoms with E-state index < -0.39 is 0 Å². The molecule has 0 aromatic heterocycles. The zero-order valence-corrected chi connectivity index (χ0v) is 10.9. The zero-order chi connectivity index (χ0) is 12.2. The third-order valence-electron chi connectivity index (χ3n) is 3.88. The second-order valence-corrected chi connectivity index (χ2v) is 5.27. The highest BCUT2D eigenvalue weighted by Gasteiger charge is 2.14. The van der Waals surface area contributed by atoms with Crippen molar-refractivity contribution in [2.24, 2.45) is 0 Å². The van der Waals surface area contributed by atoms with Gasteiger partial charge in [-0.3, -0.25) is 0 Å². The average Bonchev–Trinajstić information content (AvgIpc) is 3.05. The fourth-order valence-electron chi connectivity index (χ4n) is 2.84. The van der Waals surface area contributed by atoms with Crippen LogP contribution in [0.15, 0.2) is 18.2 Å². The molecule has 2 heterocycles. The lowest BCUT2D eigenvalue weighted by Crippen LogP contribution is -2.19. The Bertz CT molecular complexity index is 399. The van der Waals surface area contributed by atoms with Crippen molar-refractivity contribution >= 4 is 5.69 Å². The molecule has 2 aliphatic rings. The number of fused-ring (bicyclic) bond motifs is 1. The van der Waals surface area contributed by atoms with E-state index in [9.17, 15) is 0 Å². The van der Waals surface area contributed by atoms with Gasteiger partial charge in [0.15, 0.2) is 0 Å². The minimum atomic E-state index is 0.502. The van der Waals surface area contributed by atoms with E-state index in [1.807, 2.05) is 0 Å². The summed E-state index contributed by atoms with van der Waals surface area (Å²) in [6.45, 7) is 4.08. The maximum Gasteiger partial charge on any atom is 0.0588 e. The first-order valence-electron chi connectivity index (χ1n) is 7.10. The van der Waals surface area contributed by atoms with Gasteiger partial charge in [-0.25, -0.2) is 0 Å². The second kappa shape index (κ2) is 5.72. The Labute approximate surface area is 109 Å². The van der Waals surface area contributed by atoms with Crippen molar-refractivity contribution in [1.82, 2.24) is 5.32 Å². The molecule has 0 saturated carbocycles.